The number of carboxylic acids is 2. The van der Waals surface area contributed by atoms with E-state index in [0.29, 0.717) is 17.7 Å². The summed E-state index contributed by atoms with van der Waals surface area (Å²) in [6.45, 7) is -2.56. The number of carbonyl (C=O) groups is 6. The number of ketones is 2. The van der Waals surface area contributed by atoms with Crippen LogP contribution in [-0.2, 0) is 44.2 Å². The molecule has 0 saturated carbocycles. The van der Waals surface area contributed by atoms with Crippen LogP contribution in [0.15, 0.2) is 52.7 Å². The molecule has 510 valence electrons. The summed E-state index contributed by atoms with van der Waals surface area (Å²) in [5, 5.41) is 90.7. The molecule has 1 aliphatic heterocycles. The Morgan fingerprint density at radius 1 is 0.849 bits per heavy atom. The lowest BCUT2D eigenvalue weighted by Gasteiger charge is -2.43. The fraction of sp³-hybridized carbons (Fsp3) is 0.472. The third-order valence-corrected chi connectivity index (χ3v) is 19.2. The predicted molar refractivity (Wildman–Crippen MR) is 332 cm³/mol. The number of phenols is 2. The molecule has 6 atom stereocenters. The Kier molecular flexibility index (Phi) is 25.9. The van der Waals surface area contributed by atoms with Crippen LogP contribution in [0.3, 0.4) is 0 Å². The molecule has 20 N–H and O–H groups in total. The lowest BCUT2D eigenvalue weighted by molar-refractivity contribution is -0.245. The molecule has 1 saturated heterocycles. The van der Waals surface area contributed by atoms with Gasteiger partial charge in [0.15, 0.2) is 12.1 Å². The Morgan fingerprint density at radius 2 is 1.44 bits per heavy atom. The zero-order chi connectivity index (χ0) is 68.9. The minimum Gasteiger partial charge on any atom is -0.507 e. The summed E-state index contributed by atoms with van der Waals surface area (Å²) in [5.74, 6) is -7.32. The van der Waals surface area contributed by atoms with Gasteiger partial charge in [-0.25, -0.2) is 0 Å². The first-order chi connectivity index (χ1) is 43.6. The van der Waals surface area contributed by atoms with Crippen LogP contribution in [0.4, 0.5) is 0 Å². The number of nitrogens with one attached hydrogen (secondary N) is 6. The van der Waals surface area contributed by atoms with Gasteiger partial charge in [0.25, 0.3) is 16.9 Å². The molecule has 40 heteroatoms. The quantitative estimate of drug-likeness (QED) is 0.00632. The van der Waals surface area contributed by atoms with Crippen LogP contribution in [0.25, 0.3) is 0 Å². The molecule has 36 nitrogen and oxygen atoms in total. The van der Waals surface area contributed by atoms with Crippen LogP contribution >= 0.6 is 39.6 Å². The Balaban J connectivity index is 1.00. The number of fused-ring (bicyclic) bond motifs is 3. The Bertz CT molecular complexity index is 3450. The molecule has 1 heterocycles. The molecular formula is C53H72N12O24P2S2. The monoisotopic (exact) mass is 1390 g/mol. The van der Waals surface area contributed by atoms with Crippen LogP contribution in [0, 0.1) is 0 Å². The summed E-state index contributed by atoms with van der Waals surface area (Å²) in [4.78, 5) is 119. The number of nitrogens with two attached hydrogens (primary N) is 1. The van der Waals surface area contributed by atoms with Crippen molar-refractivity contribution in [3.8, 4) is 23.0 Å². The topological polar surface area (TPSA) is 549 Å². The molecule has 0 spiro atoms. The van der Waals surface area contributed by atoms with Crippen molar-refractivity contribution in [2.45, 2.75) is 80.4 Å². The standard InChI is InChI=1S/C53H72N12O24P2S2/c1-27-45(73)32(54)18-40(88-27)89-34-20-52(78,19-31-42(34)49(77)44-43(47(31)75)46(74)30-9-5-10-33(86-3)41(30)48(44)76)35(26-66)56-60-51(93)62-58-37(68)23-65(25-39(71)72)15-14-64(24-38(69)70)22-36(67)57-61-50(92)59-55-21-28-7-4-8-29(17-28)87-16-6-12-63(2)13-11-53(79,90(80,81)82)91(83,84)85/h4-5,7-10,17,21,27,32,34,40,45,66,73,75,77-79H,6,11-16,18-20,22-26,54H2,1-3H3,(H,57,67)(H,58,68)(H,69,70)(H,71,72)(H2,59,61,92)(H2,60,62,93)(H2,80,81,82)(H2,83,84,85)/b55-21+,56-35+/t27-,32-,34-,40-,45+,52-/m0/s1. The SMILES string of the molecule is COc1cccc2c1C(=O)c1c(O)c3c(c(O)c1C2=O)C[C@@](O)(/C(CO)=N/NC(=S)NNC(=O)CN(CCN(CC(=O)O)CC(=O)NNC(=S)N/N=C/c1cccc(OCCCN(C)CCC(O)(P(=O)(O)O)P(=O)(O)O)c1)CC(=O)O)C[C@@H]3O[C@H]1C[C@H](N)[C@H](O)[C@H](C)O1. The number of carboxylic acid groups (broad SMARTS) is 2. The van der Waals surface area contributed by atoms with E-state index >= 15 is 0 Å². The van der Waals surface area contributed by atoms with Crippen LogP contribution in [0.5, 0.6) is 23.0 Å². The van der Waals surface area contributed by atoms with Crippen molar-refractivity contribution < 1.29 is 117 Å². The second kappa shape index (κ2) is 32.2. The molecule has 0 radical (unpaired) electrons. The van der Waals surface area contributed by atoms with E-state index in [1.54, 1.807) is 24.3 Å². The number of aromatic hydroxyl groups is 2. The molecule has 3 aliphatic rings. The Hall–Kier alpha value is -7.30. The summed E-state index contributed by atoms with van der Waals surface area (Å²) in [6.07, 6.45) is -5.22. The molecule has 0 bridgehead atoms. The van der Waals surface area contributed by atoms with Gasteiger partial charge in [0.1, 0.15) is 28.6 Å². The number of amides is 2. The highest BCUT2D eigenvalue weighted by Gasteiger charge is 2.59. The zero-order valence-corrected chi connectivity index (χ0v) is 53.3. The molecule has 6 rings (SSSR count). The lowest BCUT2D eigenvalue weighted by Crippen LogP contribution is -2.53. The van der Waals surface area contributed by atoms with E-state index in [1.807, 2.05) is 0 Å². The molecular weight excluding hydrogens is 1310 g/mol. The van der Waals surface area contributed by atoms with Crippen molar-refractivity contribution in [1.82, 2.24) is 47.3 Å². The summed E-state index contributed by atoms with van der Waals surface area (Å²) in [6, 6.07) is 9.90. The number of aliphatic carboxylic acids is 2. The Morgan fingerprint density at radius 3 is 2.01 bits per heavy atom. The van der Waals surface area contributed by atoms with Crippen LogP contribution < -0.4 is 47.8 Å². The number of hydrazine groups is 2. The van der Waals surface area contributed by atoms with Crippen molar-refractivity contribution in [3.05, 3.63) is 81.4 Å². The van der Waals surface area contributed by atoms with Gasteiger partial charge in [-0.05, 0) is 68.6 Å². The first-order valence-electron chi connectivity index (χ1n) is 28.0. The number of phenolic OH excluding ortho intramolecular Hbond substituents is 2. The van der Waals surface area contributed by atoms with E-state index in [4.69, 9.17) is 49.1 Å². The van der Waals surface area contributed by atoms with Gasteiger partial charge in [-0.2, -0.15) is 10.2 Å². The highest BCUT2D eigenvalue weighted by molar-refractivity contribution is 7.80. The van der Waals surface area contributed by atoms with Gasteiger partial charge in [0, 0.05) is 74.6 Å². The van der Waals surface area contributed by atoms with Gasteiger partial charge in [0.05, 0.1) is 93.4 Å². The molecule has 0 aromatic heterocycles. The molecule has 3 aromatic carbocycles. The maximum Gasteiger partial charge on any atom is 0.369 e. The molecule has 3 aromatic rings. The third-order valence-electron chi connectivity index (χ3n) is 14.9. The average Bonchev–Trinajstić information content (AvgIpc) is 0.711. The number of carbonyl (C=O) groups excluding carboxylic acids is 4. The smallest absolute Gasteiger partial charge is 0.369 e. The van der Waals surface area contributed by atoms with Gasteiger partial charge in [-0.1, -0.05) is 24.3 Å². The summed E-state index contributed by atoms with van der Waals surface area (Å²) in [5.41, 5.74) is 16.0. The van der Waals surface area contributed by atoms with E-state index in [9.17, 15) is 98.3 Å². The number of rotatable bonds is 29. The van der Waals surface area contributed by atoms with Crippen LogP contribution in [0.1, 0.15) is 87.2 Å². The average molecular weight is 1390 g/mol. The van der Waals surface area contributed by atoms with Crippen molar-refractivity contribution >= 4 is 97.1 Å². The van der Waals surface area contributed by atoms with Crippen LogP contribution in [-0.4, -0.2) is 248 Å². The first-order valence-corrected chi connectivity index (χ1v) is 32.0. The molecule has 2 amide bonds. The van der Waals surface area contributed by atoms with E-state index in [1.165, 1.54) is 50.4 Å². The minimum atomic E-state index is -5.59. The van der Waals surface area contributed by atoms with Gasteiger partial charge >= 0.3 is 27.1 Å². The highest BCUT2D eigenvalue weighted by Crippen LogP contribution is 2.69. The number of nitrogens with zero attached hydrogens (tertiary/aromatic N) is 5. The van der Waals surface area contributed by atoms with E-state index in [-0.39, 0.29) is 72.3 Å². The predicted octanol–water partition coefficient (Wildman–Crippen LogP) is -3.32. The third kappa shape index (κ3) is 19.2. The maximum absolute atomic E-state index is 14.1. The number of ether oxygens (including phenoxy) is 4. The number of benzene rings is 3. The van der Waals surface area contributed by atoms with Crippen molar-refractivity contribution in [2.24, 2.45) is 15.9 Å². The summed E-state index contributed by atoms with van der Waals surface area (Å²) < 4.78 is 46.5. The number of methoxy groups -OCH3 is 1. The minimum absolute atomic E-state index is 0.0129. The first kappa shape index (κ1) is 74.7. The number of thiocarbonyl (C=S) groups is 2. The van der Waals surface area contributed by atoms with Gasteiger partial charge in [0.2, 0.25) is 16.0 Å². The molecule has 0 unspecified atom stereocenters. The Labute approximate surface area is 539 Å². The number of aliphatic hydroxyl groups is 4. The van der Waals surface area contributed by atoms with Crippen molar-refractivity contribution in [1.29, 1.82) is 0 Å². The normalized spacial score (nSPS) is 19.9. The summed E-state index contributed by atoms with van der Waals surface area (Å²) in [7, 11) is -8.38. The van der Waals surface area contributed by atoms with E-state index in [0.717, 1.165) is 9.80 Å². The second-order valence-electron chi connectivity index (χ2n) is 21.7. The number of hydrogen-bond donors (Lipinski definition) is 19. The van der Waals surface area contributed by atoms with Gasteiger partial charge in [-0.3, -0.25) is 80.3 Å². The van der Waals surface area contributed by atoms with E-state index < -0.39 is 177 Å². The number of hydrogen-bond acceptors (Lipinski definition) is 26. The summed E-state index contributed by atoms with van der Waals surface area (Å²) >= 11 is 10.4. The molecule has 2 aliphatic carbocycles. The maximum atomic E-state index is 14.1. The van der Waals surface area contributed by atoms with Gasteiger partial charge < -0.3 is 90.0 Å². The number of hydrazone groups is 2. The lowest BCUT2D eigenvalue weighted by atomic mass is 9.71. The van der Waals surface area contributed by atoms with Crippen molar-refractivity contribution in [2.75, 3.05) is 79.7 Å². The van der Waals surface area contributed by atoms with Gasteiger partial charge in [-0.15, -0.1) is 0 Å². The fourth-order valence-electron chi connectivity index (χ4n) is 10.2. The largest absolute Gasteiger partial charge is 0.507 e. The number of aliphatic hydroxyl groups excluding tert-OH is 2. The zero-order valence-electron chi connectivity index (χ0n) is 49.9. The fourth-order valence-corrected chi connectivity index (χ4v) is 12.5. The van der Waals surface area contributed by atoms with Crippen molar-refractivity contribution in [3.63, 3.8) is 0 Å². The van der Waals surface area contributed by atoms with Crippen LogP contribution in [0.2, 0.25) is 0 Å². The molecule has 1 fully saturated rings. The van der Waals surface area contributed by atoms with E-state index in [2.05, 4.69) is 42.8 Å². The second-order valence-corrected chi connectivity index (χ2v) is 26.5. The highest BCUT2D eigenvalue weighted by atomic mass is 32.1. The molecule has 93 heavy (non-hydrogen) atoms.